The van der Waals surface area contributed by atoms with Crippen LogP contribution in [-0.2, 0) is 4.79 Å². The maximum atomic E-state index is 12.2. The molecule has 0 fully saturated rings. The average Bonchev–Trinajstić information content (AvgIpc) is 2.62. The van der Waals surface area contributed by atoms with Crippen LogP contribution in [0.2, 0.25) is 0 Å². The Bertz CT molecular complexity index is 803. The van der Waals surface area contributed by atoms with Crippen molar-refractivity contribution in [2.75, 3.05) is 7.11 Å². The van der Waals surface area contributed by atoms with Gasteiger partial charge in [0.15, 0.2) is 6.10 Å². The van der Waals surface area contributed by atoms with Gasteiger partial charge in [0.05, 0.1) is 11.6 Å². The van der Waals surface area contributed by atoms with Gasteiger partial charge in [0.2, 0.25) is 0 Å². The first-order valence-corrected chi connectivity index (χ1v) is 8.79. The largest absolute Gasteiger partial charge is 0.496 e. The van der Waals surface area contributed by atoms with Crippen molar-refractivity contribution in [3.05, 3.63) is 57.6 Å². The van der Waals surface area contributed by atoms with Gasteiger partial charge in [-0.15, -0.1) is 0 Å². The number of nitrogens with one attached hydrogen (secondary N) is 2. The van der Waals surface area contributed by atoms with Crippen LogP contribution >= 0.6 is 15.9 Å². The lowest BCUT2D eigenvalue weighted by atomic mass is 10.1. The quantitative estimate of drug-likeness (QED) is 0.727. The second kappa shape index (κ2) is 8.71. The van der Waals surface area contributed by atoms with E-state index in [1.807, 2.05) is 32.0 Å². The summed E-state index contributed by atoms with van der Waals surface area (Å²) in [6.07, 6.45) is -0.766. The molecular weight excluding hydrogens is 400 g/mol. The van der Waals surface area contributed by atoms with Gasteiger partial charge in [-0.05, 0) is 66.0 Å². The molecule has 1 unspecified atom stereocenters. The number of hydrogen-bond donors (Lipinski definition) is 2. The van der Waals surface area contributed by atoms with Crippen LogP contribution in [0.25, 0.3) is 0 Å². The monoisotopic (exact) mass is 420 g/mol. The fourth-order valence-corrected chi connectivity index (χ4v) is 2.86. The van der Waals surface area contributed by atoms with E-state index in [-0.39, 0.29) is 0 Å². The number of hydrogen-bond acceptors (Lipinski definition) is 4. The van der Waals surface area contributed by atoms with Crippen LogP contribution in [0.5, 0.6) is 11.5 Å². The molecule has 0 aliphatic carbocycles. The van der Waals surface area contributed by atoms with Crippen LogP contribution < -0.4 is 20.3 Å². The molecule has 2 aromatic carbocycles. The SMILES string of the molecule is COc1ccc(C(=O)NNC(=O)C(C)Oc2c(C)cccc2C)cc1Br. The fourth-order valence-electron chi connectivity index (χ4n) is 2.32. The van der Waals surface area contributed by atoms with Crippen molar-refractivity contribution < 1.29 is 19.1 Å². The molecule has 138 valence electrons. The highest BCUT2D eigenvalue weighted by Crippen LogP contribution is 2.25. The fraction of sp³-hybridized carbons (Fsp3) is 0.263. The van der Waals surface area contributed by atoms with E-state index in [1.165, 1.54) is 7.11 Å². The molecule has 7 heteroatoms. The van der Waals surface area contributed by atoms with Gasteiger partial charge in [-0.2, -0.15) is 0 Å². The highest BCUT2D eigenvalue weighted by molar-refractivity contribution is 9.10. The van der Waals surface area contributed by atoms with E-state index in [9.17, 15) is 9.59 Å². The summed E-state index contributed by atoms with van der Waals surface area (Å²) < 4.78 is 11.5. The number of amides is 2. The van der Waals surface area contributed by atoms with E-state index in [0.717, 1.165) is 11.1 Å². The molecule has 0 aromatic heterocycles. The molecule has 0 heterocycles. The summed E-state index contributed by atoms with van der Waals surface area (Å²) in [7, 11) is 1.54. The molecule has 0 saturated heterocycles. The van der Waals surface area contributed by atoms with Crippen molar-refractivity contribution in [2.45, 2.75) is 26.9 Å². The Morgan fingerprint density at radius 1 is 1.08 bits per heavy atom. The molecule has 6 nitrogen and oxygen atoms in total. The first-order chi connectivity index (χ1) is 12.3. The Balaban J connectivity index is 1.95. The molecule has 1 atom stereocenters. The van der Waals surface area contributed by atoms with E-state index < -0.39 is 17.9 Å². The number of methoxy groups -OCH3 is 1. The summed E-state index contributed by atoms with van der Waals surface area (Å²) in [6, 6.07) is 10.6. The minimum absolute atomic E-state index is 0.376. The first kappa shape index (κ1) is 19.8. The Hall–Kier alpha value is -2.54. The Labute approximate surface area is 161 Å². The number of carbonyl (C=O) groups is 2. The summed E-state index contributed by atoms with van der Waals surface area (Å²) in [5.74, 6) is 0.385. The van der Waals surface area contributed by atoms with Crippen LogP contribution in [0.15, 0.2) is 40.9 Å². The van der Waals surface area contributed by atoms with Crippen LogP contribution in [0, 0.1) is 13.8 Å². The highest BCUT2D eigenvalue weighted by Gasteiger charge is 2.18. The summed E-state index contributed by atoms with van der Waals surface area (Å²) in [4.78, 5) is 24.4. The van der Waals surface area contributed by atoms with Crippen LogP contribution in [0.4, 0.5) is 0 Å². The van der Waals surface area contributed by atoms with Crippen molar-refractivity contribution in [1.82, 2.24) is 10.9 Å². The van der Waals surface area contributed by atoms with Crippen molar-refractivity contribution >= 4 is 27.7 Å². The number of carbonyl (C=O) groups excluding carboxylic acids is 2. The van der Waals surface area contributed by atoms with E-state index in [1.54, 1.807) is 25.1 Å². The molecule has 0 spiro atoms. The van der Waals surface area contributed by atoms with Crippen LogP contribution in [0.1, 0.15) is 28.4 Å². The van der Waals surface area contributed by atoms with Gasteiger partial charge >= 0.3 is 0 Å². The maximum absolute atomic E-state index is 12.2. The number of hydrazine groups is 1. The third-order valence-electron chi connectivity index (χ3n) is 3.79. The molecule has 2 amide bonds. The third kappa shape index (κ3) is 4.76. The highest BCUT2D eigenvalue weighted by atomic mass is 79.9. The molecular formula is C19H21BrN2O4. The zero-order valence-electron chi connectivity index (χ0n) is 15.1. The van der Waals surface area contributed by atoms with Crippen LogP contribution in [-0.4, -0.2) is 25.0 Å². The molecule has 0 aliphatic rings. The third-order valence-corrected chi connectivity index (χ3v) is 4.41. The first-order valence-electron chi connectivity index (χ1n) is 8.00. The number of rotatable bonds is 5. The van der Waals surface area contributed by atoms with Crippen molar-refractivity contribution in [1.29, 1.82) is 0 Å². The number of para-hydroxylation sites is 1. The molecule has 0 aliphatic heterocycles. The maximum Gasteiger partial charge on any atom is 0.279 e. The smallest absolute Gasteiger partial charge is 0.279 e. The molecule has 2 aromatic rings. The summed E-state index contributed by atoms with van der Waals surface area (Å²) in [5, 5.41) is 0. The summed E-state index contributed by atoms with van der Waals surface area (Å²) in [6.45, 7) is 5.45. The van der Waals surface area contributed by atoms with E-state index in [4.69, 9.17) is 9.47 Å². The Kier molecular flexibility index (Phi) is 6.63. The summed E-state index contributed by atoms with van der Waals surface area (Å²) >= 11 is 3.32. The zero-order valence-corrected chi connectivity index (χ0v) is 16.6. The van der Waals surface area contributed by atoms with Crippen molar-refractivity contribution in [2.24, 2.45) is 0 Å². The van der Waals surface area contributed by atoms with Gasteiger partial charge < -0.3 is 9.47 Å². The lowest BCUT2D eigenvalue weighted by Gasteiger charge is -2.18. The Morgan fingerprint density at radius 3 is 2.31 bits per heavy atom. The minimum atomic E-state index is -0.766. The Morgan fingerprint density at radius 2 is 1.73 bits per heavy atom. The molecule has 0 saturated carbocycles. The lowest BCUT2D eigenvalue weighted by Crippen LogP contribution is -2.47. The van der Waals surface area contributed by atoms with E-state index >= 15 is 0 Å². The predicted molar refractivity (Wildman–Crippen MR) is 102 cm³/mol. The van der Waals surface area contributed by atoms with Crippen molar-refractivity contribution in [3.8, 4) is 11.5 Å². The second-order valence-electron chi connectivity index (χ2n) is 5.77. The van der Waals surface area contributed by atoms with Crippen LogP contribution in [0.3, 0.4) is 0 Å². The molecule has 26 heavy (non-hydrogen) atoms. The predicted octanol–water partition coefficient (Wildman–Crippen LogP) is 3.30. The molecule has 0 bridgehead atoms. The standard InChI is InChI=1S/C19H21BrN2O4/c1-11-6-5-7-12(2)17(11)26-13(3)18(23)21-22-19(24)14-8-9-16(25-4)15(20)10-14/h5-10,13H,1-4H3,(H,21,23)(H,22,24). The number of aryl methyl sites for hydroxylation is 2. The zero-order chi connectivity index (χ0) is 19.3. The minimum Gasteiger partial charge on any atom is -0.496 e. The van der Waals surface area contributed by atoms with Gasteiger partial charge in [-0.1, -0.05) is 18.2 Å². The van der Waals surface area contributed by atoms with Gasteiger partial charge in [-0.25, -0.2) is 0 Å². The van der Waals surface area contributed by atoms with Crippen molar-refractivity contribution in [3.63, 3.8) is 0 Å². The number of benzene rings is 2. The molecule has 0 radical (unpaired) electrons. The van der Waals surface area contributed by atoms with E-state index in [2.05, 4.69) is 26.8 Å². The average molecular weight is 421 g/mol. The molecule has 2 N–H and O–H groups in total. The topological polar surface area (TPSA) is 76.7 Å². The normalized spacial score (nSPS) is 11.4. The molecule has 2 rings (SSSR count). The number of halogens is 1. The van der Waals surface area contributed by atoms with Gasteiger partial charge in [0.1, 0.15) is 11.5 Å². The van der Waals surface area contributed by atoms with Gasteiger partial charge in [0, 0.05) is 5.56 Å². The van der Waals surface area contributed by atoms with Gasteiger partial charge in [-0.3, -0.25) is 20.4 Å². The lowest BCUT2D eigenvalue weighted by molar-refractivity contribution is -0.128. The number of ether oxygens (including phenoxy) is 2. The van der Waals surface area contributed by atoms with E-state index in [0.29, 0.717) is 21.5 Å². The summed E-state index contributed by atoms with van der Waals surface area (Å²) in [5.41, 5.74) is 7.02. The van der Waals surface area contributed by atoms with Gasteiger partial charge in [0.25, 0.3) is 11.8 Å². The second-order valence-corrected chi connectivity index (χ2v) is 6.63.